The van der Waals surface area contributed by atoms with Crippen molar-refractivity contribution in [3.8, 4) is 0 Å². The van der Waals surface area contributed by atoms with Gasteiger partial charge in [0.2, 0.25) is 0 Å². The molecule has 0 bridgehead atoms. The van der Waals surface area contributed by atoms with Crippen LogP contribution in [0.4, 0.5) is 13.2 Å². The maximum Gasteiger partial charge on any atom is 1.00 e. The predicted octanol–water partition coefficient (Wildman–Crippen LogP) is -3.94. The molecule has 0 aliphatic heterocycles. The van der Waals surface area contributed by atoms with E-state index in [1.54, 1.807) is 0 Å². The molecule has 1 nitrogen and oxygen atoms in total. The molecule has 1 rings (SSSR count). The summed E-state index contributed by atoms with van der Waals surface area (Å²) in [4.78, 5) is 0. The molecule has 6 heteroatoms. The van der Waals surface area contributed by atoms with Crippen molar-refractivity contribution in [2.75, 3.05) is 0 Å². The second kappa shape index (κ2) is 6.04. The summed E-state index contributed by atoms with van der Waals surface area (Å²) in [5.41, 5.74) is -3.09. The molecule has 0 aliphatic carbocycles. The van der Waals surface area contributed by atoms with E-state index in [9.17, 15) is 13.2 Å². The largest absolute Gasteiger partial charge is 1.00 e. The van der Waals surface area contributed by atoms with Crippen molar-refractivity contribution >= 4 is 0 Å². The fraction of sp³-hybridized carbons (Fsp3) is 0.333. The molecule has 1 aromatic carbocycles. The average molecular weight is 202 g/mol. The van der Waals surface area contributed by atoms with Crippen LogP contribution in [0.5, 0.6) is 0 Å². The maximum atomic E-state index is 12.2. The smallest absolute Gasteiger partial charge is 0.400 e. The fourth-order valence-corrected chi connectivity index (χ4v) is 0.797. The Balaban J connectivity index is 0. The van der Waals surface area contributed by atoms with Gasteiger partial charge in [-0.3, -0.25) is 12.1 Å². The molecule has 15 heavy (non-hydrogen) atoms. The van der Waals surface area contributed by atoms with Crippen LogP contribution >= 0.6 is 0 Å². The van der Waals surface area contributed by atoms with Gasteiger partial charge < -0.3 is 23.3 Å². The first kappa shape index (κ1) is 17.6. The Morgan fingerprint density at radius 3 is 1.87 bits per heavy atom. The Hall–Kier alpha value is 0.165. The fourth-order valence-electron chi connectivity index (χ4n) is 0.797. The summed E-state index contributed by atoms with van der Waals surface area (Å²) in [6, 6.07) is 8.37. The molecule has 72 valence electrons. The number of alkyl halides is 3. The normalized spacial score (nSPS) is 14.5. The van der Waals surface area contributed by atoms with E-state index in [0.717, 1.165) is 12.1 Å². The molecule has 0 heterocycles. The van der Waals surface area contributed by atoms with E-state index in [4.69, 9.17) is 5.11 Å². The predicted molar refractivity (Wildman–Crippen MR) is 39.7 cm³/mol. The van der Waals surface area contributed by atoms with E-state index in [0.29, 0.717) is 6.92 Å². The van der Waals surface area contributed by atoms with Crippen LogP contribution in [-0.4, -0.2) is 11.3 Å². The number of benzene rings is 1. The van der Waals surface area contributed by atoms with Crippen LogP contribution in [-0.2, 0) is 5.60 Å². The van der Waals surface area contributed by atoms with E-state index in [1.807, 2.05) is 0 Å². The van der Waals surface area contributed by atoms with Gasteiger partial charge >= 0.3 is 43.9 Å². The Morgan fingerprint density at radius 2 is 1.53 bits per heavy atom. The summed E-state index contributed by atoms with van der Waals surface area (Å²) in [7, 11) is 0. The number of rotatable bonds is 1. The SMILES string of the molecule is CC(O)(c1c[c-]c[c-]c1)C(F)(F)F.[Li+].[Li+]. The Kier molecular flexibility index (Phi) is 7.07. The summed E-state index contributed by atoms with van der Waals surface area (Å²) in [6.45, 7) is 0.698. The van der Waals surface area contributed by atoms with Crippen molar-refractivity contribution in [1.29, 1.82) is 0 Å². The first-order valence-corrected chi connectivity index (χ1v) is 3.52. The second-order valence-electron chi connectivity index (χ2n) is 2.79. The minimum atomic E-state index is -4.68. The van der Waals surface area contributed by atoms with Gasteiger partial charge in [-0.2, -0.15) is 13.2 Å². The number of halogens is 3. The molecule has 0 saturated carbocycles. The van der Waals surface area contributed by atoms with Crippen LogP contribution in [0.1, 0.15) is 12.5 Å². The molecule has 0 aromatic heterocycles. The molecular formula is C9H7F3Li2O. The summed E-state index contributed by atoms with van der Waals surface area (Å²) < 4.78 is 36.7. The Bertz CT molecular complexity index is 285. The van der Waals surface area contributed by atoms with Gasteiger partial charge in [0.1, 0.15) is 0 Å². The van der Waals surface area contributed by atoms with E-state index in [1.165, 1.54) is 6.07 Å². The van der Waals surface area contributed by atoms with Crippen LogP contribution in [0, 0.1) is 12.1 Å². The zero-order chi connectivity index (χ0) is 10.1. The van der Waals surface area contributed by atoms with Crippen molar-refractivity contribution in [3.63, 3.8) is 0 Å². The molecule has 0 radical (unpaired) electrons. The third kappa shape index (κ3) is 3.91. The van der Waals surface area contributed by atoms with Crippen LogP contribution < -0.4 is 37.7 Å². The van der Waals surface area contributed by atoms with Crippen LogP contribution in [0.2, 0.25) is 0 Å². The van der Waals surface area contributed by atoms with Crippen LogP contribution in [0.15, 0.2) is 18.2 Å². The van der Waals surface area contributed by atoms with Crippen molar-refractivity contribution in [2.45, 2.75) is 18.7 Å². The molecule has 0 fully saturated rings. The summed E-state index contributed by atoms with van der Waals surface area (Å²) in [5, 5.41) is 9.16. The van der Waals surface area contributed by atoms with Crippen molar-refractivity contribution in [2.24, 2.45) is 0 Å². The molecule has 1 aromatic rings. The zero-order valence-corrected chi connectivity index (χ0v) is 8.81. The number of hydrogen-bond donors (Lipinski definition) is 1. The van der Waals surface area contributed by atoms with E-state index >= 15 is 0 Å². The molecule has 0 spiro atoms. The van der Waals surface area contributed by atoms with Gasteiger partial charge in [0.25, 0.3) is 0 Å². The van der Waals surface area contributed by atoms with E-state index in [-0.39, 0.29) is 43.3 Å². The zero-order valence-electron chi connectivity index (χ0n) is 8.81. The molecule has 0 amide bonds. The first-order valence-electron chi connectivity index (χ1n) is 3.52. The van der Waals surface area contributed by atoms with Crippen molar-refractivity contribution in [1.82, 2.24) is 0 Å². The van der Waals surface area contributed by atoms with E-state index in [2.05, 4.69) is 12.1 Å². The van der Waals surface area contributed by atoms with E-state index < -0.39 is 11.8 Å². The third-order valence-corrected chi connectivity index (χ3v) is 1.76. The van der Waals surface area contributed by atoms with Gasteiger partial charge in [-0.1, -0.05) is 0 Å². The molecular weight excluding hydrogens is 195 g/mol. The molecule has 1 unspecified atom stereocenters. The number of aliphatic hydroxyl groups is 1. The second-order valence-corrected chi connectivity index (χ2v) is 2.79. The Labute approximate surface area is 110 Å². The van der Waals surface area contributed by atoms with Crippen molar-refractivity contribution in [3.05, 3.63) is 35.9 Å². The van der Waals surface area contributed by atoms with Gasteiger partial charge in [-0.25, -0.2) is 5.56 Å². The maximum absolute atomic E-state index is 12.2. The molecule has 1 atom stereocenters. The standard InChI is InChI=1S/C9H7F3O.2Li/c1-8(13,9(10,11)12)7-5-3-2-4-6-7;;/h2,5-6,13H,1H3;;/q-2;2*+1. The first-order chi connectivity index (χ1) is 5.86. The van der Waals surface area contributed by atoms with Gasteiger partial charge in [-0.15, -0.1) is 0 Å². The molecule has 0 saturated heterocycles. The number of hydrogen-bond acceptors (Lipinski definition) is 1. The summed E-state index contributed by atoms with van der Waals surface area (Å²) in [5.74, 6) is 0. The molecule has 0 aliphatic rings. The average Bonchev–Trinajstić information content (AvgIpc) is 2.04. The monoisotopic (exact) mass is 202 g/mol. The Morgan fingerprint density at radius 1 is 1.13 bits per heavy atom. The minimum Gasteiger partial charge on any atom is -0.400 e. The van der Waals surface area contributed by atoms with Crippen LogP contribution in [0.25, 0.3) is 0 Å². The third-order valence-electron chi connectivity index (χ3n) is 1.76. The van der Waals surface area contributed by atoms with Crippen LogP contribution in [0.3, 0.4) is 0 Å². The van der Waals surface area contributed by atoms with Gasteiger partial charge in [0, 0.05) is 0 Å². The van der Waals surface area contributed by atoms with Gasteiger partial charge in [-0.05, 0) is 6.92 Å². The summed E-state index contributed by atoms with van der Waals surface area (Å²) >= 11 is 0. The van der Waals surface area contributed by atoms with Gasteiger partial charge in [0.05, 0.1) is 5.60 Å². The topological polar surface area (TPSA) is 20.2 Å². The van der Waals surface area contributed by atoms with Crippen molar-refractivity contribution < 1.29 is 56.0 Å². The summed E-state index contributed by atoms with van der Waals surface area (Å²) in [6.07, 6.45) is -4.68. The quantitative estimate of drug-likeness (QED) is 0.364. The van der Waals surface area contributed by atoms with Gasteiger partial charge in [0.15, 0.2) is 0 Å². The minimum absolute atomic E-state index is 0. The molecule has 1 N–H and O–H groups in total.